The van der Waals surface area contributed by atoms with Crippen molar-refractivity contribution in [3.8, 4) is 17.0 Å². The lowest BCUT2D eigenvalue weighted by Gasteiger charge is -2.27. The van der Waals surface area contributed by atoms with Crippen LogP contribution in [-0.4, -0.2) is 52.1 Å². The number of urea groups is 1. The summed E-state index contributed by atoms with van der Waals surface area (Å²) >= 11 is 0. The topological polar surface area (TPSA) is 82.6 Å². The van der Waals surface area contributed by atoms with E-state index in [4.69, 9.17) is 9.82 Å². The first-order valence-corrected chi connectivity index (χ1v) is 14.6. The van der Waals surface area contributed by atoms with E-state index in [1.807, 2.05) is 42.6 Å². The average Bonchev–Trinajstić information content (AvgIpc) is 3.70. The van der Waals surface area contributed by atoms with Crippen molar-refractivity contribution in [1.29, 1.82) is 0 Å². The molecule has 0 radical (unpaired) electrons. The monoisotopic (exact) mass is 546 g/mol. The molecule has 8 nitrogen and oxygen atoms in total. The first-order valence-electron chi connectivity index (χ1n) is 14.6. The number of benzene rings is 3. The van der Waals surface area contributed by atoms with Crippen molar-refractivity contribution >= 4 is 17.7 Å². The van der Waals surface area contributed by atoms with Crippen molar-refractivity contribution in [1.82, 2.24) is 19.9 Å². The van der Waals surface area contributed by atoms with Crippen LogP contribution >= 0.6 is 0 Å². The summed E-state index contributed by atoms with van der Waals surface area (Å²) in [5, 5.41) is 7.75. The normalized spacial score (nSPS) is 17.4. The van der Waals surface area contributed by atoms with Gasteiger partial charge in [-0.1, -0.05) is 54.6 Å². The van der Waals surface area contributed by atoms with Gasteiger partial charge in [-0.3, -0.25) is 0 Å². The highest BCUT2D eigenvalue weighted by atomic mass is 16.7. The number of hydrogen-bond donors (Lipinski definition) is 2. The Balaban J connectivity index is 1.02. The second kappa shape index (κ2) is 11.2. The van der Waals surface area contributed by atoms with E-state index in [1.165, 1.54) is 42.1 Å². The fourth-order valence-electron chi connectivity index (χ4n) is 6.15. The van der Waals surface area contributed by atoms with Crippen LogP contribution < -0.4 is 15.5 Å². The number of nitrogens with one attached hydrogen (secondary N) is 2. The van der Waals surface area contributed by atoms with Crippen LogP contribution in [0.3, 0.4) is 0 Å². The Morgan fingerprint density at radius 1 is 0.951 bits per heavy atom. The molecule has 1 aliphatic carbocycles. The van der Waals surface area contributed by atoms with E-state index in [9.17, 15) is 4.79 Å². The van der Waals surface area contributed by atoms with Crippen molar-refractivity contribution in [3.63, 3.8) is 0 Å². The van der Waals surface area contributed by atoms with Crippen molar-refractivity contribution in [3.05, 3.63) is 101 Å². The highest BCUT2D eigenvalue weighted by Crippen LogP contribution is 2.42. The molecule has 0 bridgehead atoms. The largest absolute Gasteiger partial charge is 0.375 e. The van der Waals surface area contributed by atoms with Gasteiger partial charge in [0.1, 0.15) is 0 Å². The van der Waals surface area contributed by atoms with Crippen LogP contribution in [0.4, 0.5) is 16.4 Å². The molecule has 0 saturated carbocycles. The van der Waals surface area contributed by atoms with Gasteiger partial charge in [0.05, 0.1) is 12.2 Å². The molecule has 41 heavy (non-hydrogen) atoms. The lowest BCUT2D eigenvalue weighted by molar-refractivity contribution is 0.0103. The maximum absolute atomic E-state index is 12.8. The predicted octanol–water partition coefficient (Wildman–Crippen LogP) is 6.07. The van der Waals surface area contributed by atoms with E-state index < -0.39 is 0 Å². The summed E-state index contributed by atoms with van der Waals surface area (Å²) in [4.78, 5) is 30.7. The van der Waals surface area contributed by atoms with Gasteiger partial charge in [0.2, 0.25) is 5.95 Å². The summed E-state index contributed by atoms with van der Waals surface area (Å²) in [6.45, 7) is 4.89. The Kier molecular flexibility index (Phi) is 6.98. The lowest BCUT2D eigenvalue weighted by Crippen LogP contribution is -2.33. The maximum atomic E-state index is 12.8. The molecule has 1 saturated heterocycles. The van der Waals surface area contributed by atoms with Crippen LogP contribution in [0.2, 0.25) is 0 Å². The van der Waals surface area contributed by atoms with Crippen LogP contribution in [0.15, 0.2) is 79.0 Å². The molecule has 3 heterocycles. The number of anilines is 2. The third-order valence-corrected chi connectivity index (χ3v) is 8.30. The summed E-state index contributed by atoms with van der Waals surface area (Å²) < 4.78 is 0. The van der Waals surface area contributed by atoms with Gasteiger partial charge in [-0.05, 0) is 80.2 Å². The SMILES string of the molecule is O=C(Nc1ccc(C2Cc3cnc(NCCCN4CCCC4)nc3-c3ccccc32)cc1)N1Cc2ccccc2O1. The highest BCUT2D eigenvalue weighted by molar-refractivity contribution is 5.89. The van der Waals surface area contributed by atoms with Gasteiger partial charge in [-0.2, -0.15) is 5.06 Å². The van der Waals surface area contributed by atoms with Gasteiger partial charge >= 0.3 is 6.03 Å². The number of para-hydroxylation sites is 1. The first kappa shape index (κ1) is 25.5. The number of amides is 2. The van der Waals surface area contributed by atoms with Gasteiger partial charge in [-0.15, -0.1) is 0 Å². The van der Waals surface area contributed by atoms with Gasteiger partial charge in [0, 0.05) is 35.5 Å². The molecule has 3 aliphatic rings. The molecular weight excluding hydrogens is 512 g/mol. The third-order valence-electron chi connectivity index (χ3n) is 8.30. The number of nitrogens with zero attached hydrogens (tertiary/aromatic N) is 4. The number of aromatic nitrogens is 2. The molecule has 1 unspecified atom stereocenters. The molecule has 4 aromatic rings. The van der Waals surface area contributed by atoms with Crippen molar-refractivity contribution in [2.24, 2.45) is 0 Å². The van der Waals surface area contributed by atoms with Crippen molar-refractivity contribution in [2.75, 3.05) is 36.8 Å². The standard InChI is InChI=1S/C33H34N6O2/c40-33(39-22-24-8-1-4-11-30(24)41-39)36-26-14-12-23(13-15-26)29-20-25-21-35-32(34-16-7-19-38-17-5-6-18-38)37-31(25)28-10-3-2-9-27(28)29/h1-4,8-15,21,29H,5-7,16-20,22H2,(H,36,40)(H,34,35,37). The second-order valence-corrected chi connectivity index (χ2v) is 11.0. The molecule has 2 N–H and O–H groups in total. The predicted molar refractivity (Wildman–Crippen MR) is 160 cm³/mol. The molecule has 3 aromatic carbocycles. The summed E-state index contributed by atoms with van der Waals surface area (Å²) in [7, 11) is 0. The smallest absolute Gasteiger partial charge is 0.355 e. The lowest BCUT2D eigenvalue weighted by atomic mass is 9.78. The first-order chi connectivity index (χ1) is 20.2. The summed E-state index contributed by atoms with van der Waals surface area (Å²) in [6.07, 6.45) is 6.55. The van der Waals surface area contributed by atoms with E-state index in [0.29, 0.717) is 12.5 Å². The van der Waals surface area contributed by atoms with E-state index in [0.717, 1.165) is 59.8 Å². The molecule has 1 atom stereocenters. The number of hydroxylamine groups is 2. The number of likely N-dealkylation sites (tertiary alicyclic amines) is 1. The minimum atomic E-state index is -0.288. The minimum absolute atomic E-state index is 0.183. The average molecular weight is 547 g/mol. The fraction of sp³-hybridized carbons (Fsp3) is 0.303. The zero-order valence-electron chi connectivity index (χ0n) is 23.1. The summed E-state index contributed by atoms with van der Waals surface area (Å²) in [5.41, 5.74) is 7.51. The summed E-state index contributed by atoms with van der Waals surface area (Å²) in [5.74, 6) is 1.60. The van der Waals surface area contributed by atoms with Crippen LogP contribution in [0, 0.1) is 0 Å². The molecular formula is C33H34N6O2. The maximum Gasteiger partial charge on any atom is 0.355 e. The van der Waals surface area contributed by atoms with Crippen LogP contribution in [0.25, 0.3) is 11.3 Å². The molecule has 1 aromatic heterocycles. The Morgan fingerprint density at radius 3 is 2.61 bits per heavy atom. The zero-order chi connectivity index (χ0) is 27.6. The van der Waals surface area contributed by atoms with E-state index >= 15 is 0 Å². The molecule has 208 valence electrons. The number of fused-ring (bicyclic) bond motifs is 4. The Hall–Kier alpha value is -4.43. The number of hydrogen-bond acceptors (Lipinski definition) is 6. The Bertz CT molecular complexity index is 1520. The second-order valence-electron chi connectivity index (χ2n) is 11.0. The fourth-order valence-corrected chi connectivity index (χ4v) is 6.15. The quantitative estimate of drug-likeness (QED) is 0.274. The van der Waals surface area contributed by atoms with E-state index in [2.05, 4.69) is 56.9 Å². The van der Waals surface area contributed by atoms with Crippen LogP contribution in [0.5, 0.6) is 5.75 Å². The molecule has 0 spiro atoms. The minimum Gasteiger partial charge on any atom is -0.375 e. The van der Waals surface area contributed by atoms with Gasteiger partial charge in [0.15, 0.2) is 5.75 Å². The van der Waals surface area contributed by atoms with Crippen molar-refractivity contribution in [2.45, 2.75) is 38.1 Å². The molecule has 1 fully saturated rings. The summed E-state index contributed by atoms with van der Waals surface area (Å²) in [6, 6.07) is 24.0. The van der Waals surface area contributed by atoms with Crippen LogP contribution in [0.1, 0.15) is 47.4 Å². The van der Waals surface area contributed by atoms with E-state index in [1.54, 1.807) is 0 Å². The molecule has 8 heteroatoms. The van der Waals surface area contributed by atoms with E-state index in [-0.39, 0.29) is 11.9 Å². The van der Waals surface area contributed by atoms with Gasteiger partial charge < -0.3 is 20.4 Å². The molecule has 2 amide bonds. The highest BCUT2D eigenvalue weighted by Gasteiger charge is 2.28. The number of carbonyl (C=O) groups is 1. The number of rotatable bonds is 7. The molecule has 7 rings (SSSR count). The van der Waals surface area contributed by atoms with Gasteiger partial charge in [0.25, 0.3) is 0 Å². The zero-order valence-corrected chi connectivity index (χ0v) is 23.1. The Labute approximate surface area is 240 Å². The van der Waals surface area contributed by atoms with Crippen LogP contribution in [-0.2, 0) is 13.0 Å². The number of carbonyl (C=O) groups excluding carboxylic acids is 1. The molecule has 2 aliphatic heterocycles. The van der Waals surface area contributed by atoms with Crippen molar-refractivity contribution < 1.29 is 9.63 Å². The Morgan fingerprint density at radius 2 is 1.76 bits per heavy atom. The third kappa shape index (κ3) is 5.35. The van der Waals surface area contributed by atoms with Gasteiger partial charge in [-0.25, -0.2) is 14.8 Å².